The molecule has 0 amide bonds. The van der Waals surface area contributed by atoms with Crippen LogP contribution in [0.4, 0.5) is 5.13 Å². The zero-order valence-corrected chi connectivity index (χ0v) is 16.4. The van der Waals surface area contributed by atoms with Crippen molar-refractivity contribution in [2.75, 3.05) is 57.4 Å². The quantitative estimate of drug-likeness (QED) is 0.631. The molecule has 2 aliphatic heterocycles. The standard InChI is InChI=1S/C17H30N6OS/c1-4-14-20-16(25-21-14)23-9-7-22(8-10-23)15(18-5-2)19-12-17(3)6-11-24-13-17/h4-13H2,1-3H3,(H,18,19). The van der Waals surface area contributed by atoms with Crippen LogP contribution in [0.1, 0.15) is 33.0 Å². The summed E-state index contributed by atoms with van der Waals surface area (Å²) in [7, 11) is 0. The van der Waals surface area contributed by atoms with Crippen molar-refractivity contribution in [1.82, 2.24) is 19.6 Å². The van der Waals surface area contributed by atoms with Gasteiger partial charge in [-0.05, 0) is 13.3 Å². The second-order valence-electron chi connectivity index (χ2n) is 7.10. The zero-order valence-electron chi connectivity index (χ0n) is 15.6. The van der Waals surface area contributed by atoms with Gasteiger partial charge in [-0.3, -0.25) is 4.99 Å². The smallest absolute Gasteiger partial charge is 0.205 e. The Morgan fingerprint density at radius 2 is 2.12 bits per heavy atom. The maximum atomic E-state index is 5.55. The maximum Gasteiger partial charge on any atom is 0.205 e. The predicted molar refractivity (Wildman–Crippen MR) is 103 cm³/mol. The summed E-state index contributed by atoms with van der Waals surface area (Å²) >= 11 is 1.51. The van der Waals surface area contributed by atoms with Crippen LogP contribution in [0.3, 0.4) is 0 Å². The third-order valence-corrected chi connectivity index (χ3v) is 5.68. The molecule has 7 nitrogen and oxygen atoms in total. The molecule has 0 aliphatic carbocycles. The Kier molecular flexibility index (Phi) is 6.11. The molecule has 140 valence electrons. The van der Waals surface area contributed by atoms with E-state index in [1.165, 1.54) is 11.5 Å². The zero-order chi connectivity index (χ0) is 17.7. The third kappa shape index (κ3) is 4.61. The molecule has 3 rings (SSSR count). The molecule has 0 radical (unpaired) electrons. The molecule has 25 heavy (non-hydrogen) atoms. The van der Waals surface area contributed by atoms with Gasteiger partial charge in [0.1, 0.15) is 5.82 Å². The molecule has 2 saturated heterocycles. The van der Waals surface area contributed by atoms with E-state index in [9.17, 15) is 0 Å². The molecule has 0 saturated carbocycles. The van der Waals surface area contributed by atoms with Crippen LogP contribution in [0.15, 0.2) is 4.99 Å². The van der Waals surface area contributed by atoms with Gasteiger partial charge in [-0.25, -0.2) is 4.98 Å². The largest absolute Gasteiger partial charge is 0.381 e. The number of hydrogen-bond acceptors (Lipinski definition) is 6. The van der Waals surface area contributed by atoms with Crippen LogP contribution in [0, 0.1) is 5.41 Å². The first kappa shape index (κ1) is 18.4. The second kappa shape index (κ2) is 8.31. The molecule has 3 heterocycles. The van der Waals surface area contributed by atoms with E-state index in [0.717, 1.165) is 82.2 Å². The van der Waals surface area contributed by atoms with Gasteiger partial charge in [0.2, 0.25) is 5.13 Å². The van der Waals surface area contributed by atoms with E-state index in [1.807, 2.05) is 0 Å². The average Bonchev–Trinajstić information content (AvgIpc) is 3.28. The topological polar surface area (TPSA) is 65.9 Å². The lowest BCUT2D eigenvalue weighted by Crippen LogP contribution is -2.52. The monoisotopic (exact) mass is 366 g/mol. The Hall–Kier alpha value is -1.41. The van der Waals surface area contributed by atoms with E-state index < -0.39 is 0 Å². The minimum absolute atomic E-state index is 0.186. The number of nitrogens with one attached hydrogen (secondary N) is 1. The molecule has 2 aliphatic rings. The van der Waals surface area contributed by atoms with Crippen LogP contribution in [0.25, 0.3) is 0 Å². The van der Waals surface area contributed by atoms with Crippen LogP contribution >= 0.6 is 11.5 Å². The molecule has 0 spiro atoms. The average molecular weight is 367 g/mol. The van der Waals surface area contributed by atoms with Gasteiger partial charge in [-0.15, -0.1) is 0 Å². The fraction of sp³-hybridized carbons (Fsp3) is 0.824. The summed E-state index contributed by atoms with van der Waals surface area (Å²) in [6.45, 7) is 13.7. The number of aryl methyl sites for hydroxylation is 1. The van der Waals surface area contributed by atoms with Gasteiger partial charge >= 0.3 is 0 Å². The molecular formula is C17H30N6OS. The van der Waals surface area contributed by atoms with Crippen molar-refractivity contribution >= 4 is 22.6 Å². The molecule has 0 bridgehead atoms. The Bertz CT molecular complexity index is 575. The summed E-state index contributed by atoms with van der Waals surface area (Å²) in [5.41, 5.74) is 0.186. The Morgan fingerprint density at radius 1 is 1.32 bits per heavy atom. The van der Waals surface area contributed by atoms with Crippen LogP contribution in [-0.4, -0.2) is 72.7 Å². The predicted octanol–water partition coefficient (Wildman–Crippen LogP) is 1.61. The van der Waals surface area contributed by atoms with E-state index in [4.69, 9.17) is 9.73 Å². The number of rotatable bonds is 5. The highest BCUT2D eigenvalue weighted by Crippen LogP contribution is 2.28. The number of hydrogen-bond donors (Lipinski definition) is 1. The fourth-order valence-corrected chi connectivity index (χ4v) is 3.95. The molecule has 1 aromatic heterocycles. The van der Waals surface area contributed by atoms with Crippen molar-refractivity contribution in [3.63, 3.8) is 0 Å². The van der Waals surface area contributed by atoms with Crippen LogP contribution in [0.5, 0.6) is 0 Å². The minimum atomic E-state index is 0.186. The third-order valence-electron chi connectivity index (χ3n) is 4.87. The van der Waals surface area contributed by atoms with Gasteiger partial charge < -0.3 is 19.9 Å². The highest BCUT2D eigenvalue weighted by Gasteiger charge is 2.30. The normalized spacial score (nSPS) is 24.8. The van der Waals surface area contributed by atoms with Crippen LogP contribution in [0.2, 0.25) is 0 Å². The molecule has 8 heteroatoms. The van der Waals surface area contributed by atoms with Gasteiger partial charge in [0.05, 0.1) is 13.2 Å². The van der Waals surface area contributed by atoms with E-state index in [1.54, 1.807) is 0 Å². The van der Waals surface area contributed by atoms with Gasteiger partial charge in [-0.1, -0.05) is 13.8 Å². The number of nitrogens with zero attached hydrogens (tertiary/aromatic N) is 5. The van der Waals surface area contributed by atoms with E-state index in [2.05, 4.69) is 45.2 Å². The lowest BCUT2D eigenvalue weighted by Gasteiger charge is -2.36. The lowest BCUT2D eigenvalue weighted by atomic mass is 9.90. The van der Waals surface area contributed by atoms with Crippen molar-refractivity contribution in [3.05, 3.63) is 5.82 Å². The highest BCUT2D eigenvalue weighted by atomic mass is 32.1. The number of piperazine rings is 1. The highest BCUT2D eigenvalue weighted by molar-refractivity contribution is 7.09. The van der Waals surface area contributed by atoms with Gasteiger partial charge in [0.15, 0.2) is 5.96 Å². The molecule has 1 N–H and O–H groups in total. The number of aromatic nitrogens is 2. The van der Waals surface area contributed by atoms with Crippen molar-refractivity contribution in [1.29, 1.82) is 0 Å². The number of guanidine groups is 1. The fourth-order valence-electron chi connectivity index (χ4n) is 3.15. The van der Waals surface area contributed by atoms with Crippen molar-refractivity contribution in [2.24, 2.45) is 10.4 Å². The summed E-state index contributed by atoms with van der Waals surface area (Å²) in [5.74, 6) is 1.98. The summed E-state index contributed by atoms with van der Waals surface area (Å²) in [6, 6.07) is 0. The van der Waals surface area contributed by atoms with Crippen molar-refractivity contribution in [2.45, 2.75) is 33.6 Å². The first-order chi connectivity index (χ1) is 12.1. The molecule has 1 unspecified atom stereocenters. The van der Waals surface area contributed by atoms with Crippen molar-refractivity contribution in [3.8, 4) is 0 Å². The molecular weight excluding hydrogens is 336 g/mol. The Balaban J connectivity index is 1.58. The van der Waals surface area contributed by atoms with E-state index in [0.29, 0.717) is 0 Å². The molecule has 1 atom stereocenters. The second-order valence-corrected chi connectivity index (χ2v) is 7.83. The summed E-state index contributed by atoms with van der Waals surface area (Å²) in [4.78, 5) is 14.2. The Morgan fingerprint density at radius 3 is 2.72 bits per heavy atom. The minimum Gasteiger partial charge on any atom is -0.381 e. The van der Waals surface area contributed by atoms with Gasteiger partial charge in [0, 0.05) is 62.7 Å². The number of anilines is 1. The van der Waals surface area contributed by atoms with Crippen molar-refractivity contribution < 1.29 is 4.74 Å². The first-order valence-corrected chi connectivity index (χ1v) is 10.1. The van der Waals surface area contributed by atoms with Crippen LogP contribution in [-0.2, 0) is 11.2 Å². The number of ether oxygens (including phenoxy) is 1. The molecule has 0 aromatic carbocycles. The molecule has 1 aromatic rings. The lowest BCUT2D eigenvalue weighted by molar-refractivity contribution is 0.162. The Labute approximate surface area is 154 Å². The first-order valence-electron chi connectivity index (χ1n) is 9.32. The SMILES string of the molecule is CCNC(=NCC1(C)CCOC1)N1CCN(c2nc(CC)ns2)CC1. The summed E-state index contributed by atoms with van der Waals surface area (Å²) < 4.78 is 9.95. The summed E-state index contributed by atoms with van der Waals surface area (Å²) in [6.07, 6.45) is 2.00. The van der Waals surface area contributed by atoms with Crippen LogP contribution < -0.4 is 10.2 Å². The van der Waals surface area contributed by atoms with Gasteiger partial charge in [0.25, 0.3) is 0 Å². The van der Waals surface area contributed by atoms with Gasteiger partial charge in [-0.2, -0.15) is 4.37 Å². The van der Waals surface area contributed by atoms with E-state index >= 15 is 0 Å². The maximum absolute atomic E-state index is 5.55. The van der Waals surface area contributed by atoms with E-state index in [-0.39, 0.29) is 5.41 Å². The summed E-state index contributed by atoms with van der Waals surface area (Å²) in [5, 5.41) is 4.50. The number of aliphatic imine (C=N–C) groups is 1. The molecule has 2 fully saturated rings.